The van der Waals surface area contributed by atoms with E-state index in [9.17, 15) is 0 Å². The quantitative estimate of drug-likeness (QED) is 0.468. The molecule has 0 unspecified atom stereocenters. The predicted molar refractivity (Wildman–Crippen MR) is 109 cm³/mol. The predicted octanol–water partition coefficient (Wildman–Crippen LogP) is 6.51. The first-order chi connectivity index (χ1) is 11.4. The third-order valence-corrected chi connectivity index (χ3v) is 3.05. The van der Waals surface area contributed by atoms with Crippen LogP contribution in [-0.2, 0) is 6.42 Å². The van der Waals surface area contributed by atoms with E-state index >= 15 is 0 Å². The lowest BCUT2D eigenvalue weighted by atomic mass is 10.1. The highest BCUT2D eigenvalue weighted by molar-refractivity contribution is 9.08. The van der Waals surface area contributed by atoms with Gasteiger partial charge in [0.25, 0.3) is 0 Å². The highest BCUT2D eigenvalue weighted by atomic mass is 79.9. The Hall–Kier alpha value is -1.61. The molecule has 3 heteroatoms. The molecular weight excluding hydrogens is 348 g/mol. The topological polar surface area (TPSA) is 24.4 Å². The first-order valence-corrected chi connectivity index (χ1v) is 9.86. The smallest absolute Gasteiger partial charge is 0.0685 e. The van der Waals surface area contributed by atoms with Crippen molar-refractivity contribution in [3.8, 4) is 0 Å². The van der Waals surface area contributed by atoms with E-state index in [0.29, 0.717) is 0 Å². The molecule has 0 atom stereocenters. The van der Waals surface area contributed by atoms with Crippen molar-refractivity contribution in [2.45, 2.75) is 40.5 Å². The Labute approximate surface area is 150 Å². The van der Waals surface area contributed by atoms with Crippen molar-refractivity contribution in [2.75, 3.05) is 11.3 Å². The highest BCUT2D eigenvalue weighted by Crippen LogP contribution is 2.22. The lowest BCUT2D eigenvalue weighted by Crippen LogP contribution is -1.99. The van der Waals surface area contributed by atoms with E-state index in [2.05, 4.69) is 50.7 Å². The minimum atomic E-state index is 1.03. The summed E-state index contributed by atoms with van der Waals surface area (Å²) in [5.74, 6) is 1.81. The number of nitrogens with one attached hydrogen (secondary N) is 1. The molecule has 126 valence electrons. The van der Waals surface area contributed by atoms with Crippen molar-refractivity contribution in [2.24, 2.45) is 5.10 Å². The van der Waals surface area contributed by atoms with Crippen LogP contribution in [0.5, 0.6) is 0 Å². The van der Waals surface area contributed by atoms with Gasteiger partial charge in [-0.25, -0.2) is 0 Å². The zero-order valence-corrected chi connectivity index (χ0v) is 16.5. The molecular formula is C20H29BrN2. The molecule has 0 bridgehead atoms. The van der Waals surface area contributed by atoms with E-state index in [-0.39, 0.29) is 0 Å². The maximum Gasteiger partial charge on any atom is 0.0685 e. The van der Waals surface area contributed by atoms with Gasteiger partial charge in [0, 0.05) is 5.56 Å². The number of para-hydroxylation sites is 1. The summed E-state index contributed by atoms with van der Waals surface area (Å²) >= 11 is 2.94. The lowest BCUT2D eigenvalue weighted by Gasteiger charge is -2.02. The van der Waals surface area contributed by atoms with Gasteiger partial charge in [-0.05, 0) is 36.4 Å². The summed E-state index contributed by atoms with van der Waals surface area (Å²) in [5, 5.41) is 4.50. The van der Waals surface area contributed by atoms with Gasteiger partial charge in [-0.2, -0.15) is 5.10 Å². The Balaban J connectivity index is 0.000000728. The van der Waals surface area contributed by atoms with Crippen molar-refractivity contribution in [3.05, 3.63) is 65.7 Å². The van der Waals surface area contributed by atoms with Crippen molar-refractivity contribution >= 4 is 27.3 Å². The number of hydrogen-bond donors (Lipinski definition) is 1. The Morgan fingerprint density at radius 2 is 1.35 bits per heavy atom. The molecule has 2 nitrogen and oxygen atoms in total. The number of benzene rings is 2. The minimum Gasteiger partial charge on any atom is -0.278 e. The molecule has 0 heterocycles. The molecule has 2 aromatic rings. The molecule has 0 spiro atoms. The second-order valence-corrected chi connectivity index (χ2v) is 4.19. The lowest BCUT2D eigenvalue weighted by molar-refractivity contribution is 1.09. The summed E-state index contributed by atoms with van der Waals surface area (Å²) < 4.78 is 0. The third-order valence-electron chi connectivity index (χ3n) is 3.05. The second-order valence-electron chi connectivity index (χ2n) is 4.19. The molecule has 0 saturated heterocycles. The van der Waals surface area contributed by atoms with Gasteiger partial charge in [0.05, 0.1) is 11.4 Å². The molecule has 0 aliphatic heterocycles. The van der Waals surface area contributed by atoms with E-state index in [4.69, 9.17) is 0 Å². The zero-order valence-electron chi connectivity index (χ0n) is 14.9. The van der Waals surface area contributed by atoms with E-state index in [1.54, 1.807) is 0 Å². The molecule has 0 fully saturated rings. The van der Waals surface area contributed by atoms with Crippen molar-refractivity contribution < 1.29 is 0 Å². The van der Waals surface area contributed by atoms with Gasteiger partial charge >= 0.3 is 0 Å². The fourth-order valence-electron chi connectivity index (χ4n) is 2.17. The van der Waals surface area contributed by atoms with E-state index < -0.39 is 0 Å². The van der Waals surface area contributed by atoms with Crippen LogP contribution in [0.2, 0.25) is 0 Å². The van der Waals surface area contributed by atoms with Crippen LogP contribution >= 0.6 is 15.9 Å². The molecule has 23 heavy (non-hydrogen) atoms. The van der Waals surface area contributed by atoms with E-state index in [1.165, 1.54) is 11.1 Å². The van der Waals surface area contributed by atoms with Gasteiger partial charge in [0.1, 0.15) is 0 Å². The summed E-state index contributed by atoms with van der Waals surface area (Å²) in [6, 6.07) is 18.5. The van der Waals surface area contributed by atoms with E-state index in [1.807, 2.05) is 63.9 Å². The largest absolute Gasteiger partial charge is 0.278 e. The van der Waals surface area contributed by atoms with Gasteiger partial charge in [0.2, 0.25) is 0 Å². The number of hydrazone groups is 1. The van der Waals surface area contributed by atoms with Gasteiger partial charge in [-0.1, -0.05) is 86.1 Å². The van der Waals surface area contributed by atoms with Crippen LogP contribution in [0.15, 0.2) is 59.7 Å². The fraction of sp³-hybridized carbons (Fsp3) is 0.350. The van der Waals surface area contributed by atoms with Crippen LogP contribution in [0.25, 0.3) is 0 Å². The van der Waals surface area contributed by atoms with Crippen LogP contribution in [-0.4, -0.2) is 11.5 Å². The number of hydrogen-bond acceptors (Lipinski definition) is 2. The van der Waals surface area contributed by atoms with Crippen LogP contribution in [0.4, 0.5) is 5.69 Å². The molecule has 1 aliphatic rings. The highest BCUT2D eigenvalue weighted by Gasteiger charge is 2.16. The van der Waals surface area contributed by atoms with Crippen LogP contribution in [0.3, 0.4) is 0 Å². The standard InChI is InChI=1S/C15H14N2.2C2H6.CH3Br/c1-2-7-13(8-3-1)16-17-15-11-10-12-6-4-5-9-14(12)15;3*1-2/h1-9,16H,10-11H2;2*1-2H3;1H3/b17-15-;;;. The van der Waals surface area contributed by atoms with E-state index in [0.717, 1.165) is 24.2 Å². The number of alkyl halides is 1. The average Bonchev–Trinajstić information content (AvgIpc) is 3.09. The first kappa shape index (κ1) is 21.4. The molecule has 0 aromatic heterocycles. The third kappa shape index (κ3) is 7.00. The monoisotopic (exact) mass is 376 g/mol. The Morgan fingerprint density at radius 3 is 2.00 bits per heavy atom. The fourth-order valence-corrected chi connectivity index (χ4v) is 2.17. The maximum absolute atomic E-state index is 4.50. The minimum absolute atomic E-state index is 1.03. The average molecular weight is 377 g/mol. The normalized spacial score (nSPS) is 12.5. The number of fused-ring (bicyclic) bond motifs is 1. The molecule has 3 rings (SSSR count). The van der Waals surface area contributed by atoms with Gasteiger partial charge < -0.3 is 0 Å². The van der Waals surface area contributed by atoms with Crippen LogP contribution < -0.4 is 5.43 Å². The second kappa shape index (κ2) is 14.0. The number of nitrogens with zero attached hydrogens (tertiary/aromatic N) is 1. The summed E-state index contributed by atoms with van der Waals surface area (Å²) in [6.45, 7) is 8.00. The van der Waals surface area contributed by atoms with Crippen LogP contribution in [0, 0.1) is 0 Å². The summed E-state index contributed by atoms with van der Waals surface area (Å²) in [6.07, 6.45) is 2.13. The van der Waals surface area contributed by atoms with Crippen LogP contribution in [0.1, 0.15) is 45.2 Å². The first-order valence-electron chi connectivity index (χ1n) is 8.27. The van der Waals surface area contributed by atoms with Gasteiger partial charge in [-0.15, -0.1) is 0 Å². The molecule has 0 amide bonds. The number of anilines is 1. The van der Waals surface area contributed by atoms with Crippen molar-refractivity contribution in [3.63, 3.8) is 0 Å². The summed E-state index contributed by atoms with van der Waals surface area (Å²) in [7, 11) is 0. The summed E-state index contributed by atoms with van der Waals surface area (Å²) in [4.78, 5) is 0. The number of aryl methyl sites for hydroxylation is 1. The molecule has 1 N–H and O–H groups in total. The zero-order chi connectivity index (χ0) is 17.5. The molecule has 0 saturated carbocycles. The number of rotatable bonds is 2. The Bertz CT molecular complexity index is 551. The maximum atomic E-state index is 4.50. The van der Waals surface area contributed by atoms with Crippen molar-refractivity contribution in [1.82, 2.24) is 0 Å². The Kier molecular flexibility index (Phi) is 13.0. The van der Waals surface area contributed by atoms with Crippen molar-refractivity contribution in [1.29, 1.82) is 0 Å². The molecule has 2 aromatic carbocycles. The Morgan fingerprint density at radius 1 is 0.783 bits per heavy atom. The van der Waals surface area contributed by atoms with Gasteiger partial charge in [0.15, 0.2) is 0 Å². The number of halogens is 1. The molecule has 0 radical (unpaired) electrons. The molecule has 1 aliphatic carbocycles. The summed E-state index contributed by atoms with van der Waals surface area (Å²) in [5.41, 5.74) is 8.00. The SMILES string of the molecule is CBr.CC.CC.c1ccc(N/N=C2/CCc3ccccc32)cc1. The van der Waals surface area contributed by atoms with Gasteiger partial charge in [-0.3, -0.25) is 5.43 Å².